The normalized spacial score (nSPS) is 10.9. The monoisotopic (exact) mass is 359 g/mol. The summed E-state index contributed by atoms with van der Waals surface area (Å²) in [4.78, 5) is 14.7. The van der Waals surface area contributed by atoms with Crippen LogP contribution in [0.1, 0.15) is 29.8 Å². The molecule has 0 saturated carbocycles. The molecule has 0 saturated heterocycles. The van der Waals surface area contributed by atoms with E-state index < -0.39 is 0 Å². The van der Waals surface area contributed by atoms with E-state index in [1.807, 2.05) is 62.0 Å². The number of nitrogens with one attached hydrogen (secondary N) is 1. The number of carbonyl (C=O) groups excluding carboxylic acids is 1. The summed E-state index contributed by atoms with van der Waals surface area (Å²) in [5.41, 5.74) is 2.36. The number of carbonyl (C=O) groups is 1. The van der Waals surface area contributed by atoms with Crippen molar-refractivity contribution in [3.05, 3.63) is 64.9 Å². The maximum atomic E-state index is 10.4. The highest BCUT2D eigenvalue weighted by Crippen LogP contribution is 2.22. The summed E-state index contributed by atoms with van der Waals surface area (Å²) >= 11 is 5.80. The molecule has 6 heteroatoms. The minimum absolute atomic E-state index is 0.105. The lowest BCUT2D eigenvalue weighted by Crippen LogP contribution is -2.21. The fourth-order valence-electron chi connectivity index (χ4n) is 2.19. The van der Waals surface area contributed by atoms with Gasteiger partial charge in [0.05, 0.1) is 17.8 Å². The molecule has 3 aromatic rings. The fraction of sp³-hybridized carbons (Fsp3) is 0.263. The molecule has 2 N–H and O–H groups in total. The SMILES string of the molecule is CC(C)(CO)c1ccc(C=O)cc1.CNc1cn2cc(Cl)ccc2n1. The summed E-state index contributed by atoms with van der Waals surface area (Å²) in [5, 5.41) is 12.8. The smallest absolute Gasteiger partial charge is 0.150 e. The Morgan fingerprint density at radius 2 is 1.88 bits per heavy atom. The van der Waals surface area contributed by atoms with E-state index in [4.69, 9.17) is 16.7 Å². The zero-order chi connectivity index (χ0) is 18.4. The molecule has 1 aromatic carbocycles. The van der Waals surface area contributed by atoms with E-state index in [-0.39, 0.29) is 12.0 Å². The Kier molecular flexibility index (Phi) is 6.17. The van der Waals surface area contributed by atoms with Gasteiger partial charge >= 0.3 is 0 Å². The van der Waals surface area contributed by atoms with Gasteiger partial charge in [0.25, 0.3) is 0 Å². The van der Waals surface area contributed by atoms with Crippen molar-refractivity contribution in [2.75, 3.05) is 19.0 Å². The summed E-state index contributed by atoms with van der Waals surface area (Å²) in [5.74, 6) is 0.845. The Labute approximate surface area is 152 Å². The molecule has 0 amide bonds. The van der Waals surface area contributed by atoms with Crippen LogP contribution in [0.15, 0.2) is 48.8 Å². The number of aromatic nitrogens is 2. The van der Waals surface area contributed by atoms with Gasteiger partial charge in [-0.2, -0.15) is 0 Å². The second kappa shape index (κ2) is 8.14. The summed E-state index contributed by atoms with van der Waals surface area (Å²) in [6, 6.07) is 11.0. The highest BCUT2D eigenvalue weighted by atomic mass is 35.5. The zero-order valence-corrected chi connectivity index (χ0v) is 15.3. The molecule has 132 valence electrons. The second-order valence-electron chi connectivity index (χ2n) is 6.27. The largest absolute Gasteiger partial charge is 0.395 e. The number of imidazole rings is 1. The van der Waals surface area contributed by atoms with Crippen LogP contribution in [0, 0.1) is 0 Å². The second-order valence-corrected chi connectivity index (χ2v) is 6.71. The Morgan fingerprint density at radius 3 is 2.44 bits per heavy atom. The van der Waals surface area contributed by atoms with E-state index in [9.17, 15) is 4.79 Å². The van der Waals surface area contributed by atoms with Gasteiger partial charge in [-0.05, 0) is 17.7 Å². The summed E-state index contributed by atoms with van der Waals surface area (Å²) in [6.45, 7) is 4.03. The molecule has 0 spiro atoms. The number of anilines is 1. The lowest BCUT2D eigenvalue weighted by Gasteiger charge is -2.21. The number of pyridine rings is 1. The van der Waals surface area contributed by atoms with Gasteiger partial charge in [0, 0.05) is 24.2 Å². The molecule has 0 aliphatic rings. The molecule has 0 radical (unpaired) electrons. The standard InChI is InChI=1S/C11H14O2.C8H8ClN3/c1-11(2,8-13)10-5-3-9(7-12)4-6-10;1-10-7-5-12-4-6(9)2-3-8(12)11-7/h3-7,13H,8H2,1-2H3;2-5,10H,1H3. The zero-order valence-electron chi connectivity index (χ0n) is 14.5. The molecule has 0 bridgehead atoms. The first kappa shape index (κ1) is 19.0. The minimum atomic E-state index is -0.235. The van der Waals surface area contributed by atoms with Crippen molar-refractivity contribution in [1.29, 1.82) is 0 Å². The van der Waals surface area contributed by atoms with Crippen LogP contribution < -0.4 is 5.32 Å². The number of aliphatic hydroxyl groups excluding tert-OH is 1. The minimum Gasteiger partial charge on any atom is -0.395 e. The number of aldehydes is 1. The molecule has 25 heavy (non-hydrogen) atoms. The van der Waals surface area contributed by atoms with E-state index in [1.165, 1.54) is 0 Å². The summed E-state index contributed by atoms with van der Waals surface area (Å²) in [7, 11) is 1.84. The number of hydrogen-bond acceptors (Lipinski definition) is 4. The Bertz CT molecular complexity index is 842. The molecule has 0 fully saturated rings. The fourth-order valence-corrected chi connectivity index (χ4v) is 2.36. The van der Waals surface area contributed by atoms with Crippen molar-refractivity contribution in [1.82, 2.24) is 9.38 Å². The number of nitrogens with zero attached hydrogens (tertiary/aromatic N) is 2. The van der Waals surface area contributed by atoms with Crippen LogP contribution in [-0.2, 0) is 5.41 Å². The molecule has 5 nitrogen and oxygen atoms in total. The first-order valence-electron chi connectivity index (χ1n) is 7.88. The third-order valence-corrected chi connectivity index (χ3v) is 4.12. The maximum absolute atomic E-state index is 10.4. The van der Waals surface area contributed by atoms with Gasteiger partial charge in [-0.3, -0.25) is 4.79 Å². The summed E-state index contributed by atoms with van der Waals surface area (Å²) in [6.07, 6.45) is 4.53. The van der Waals surface area contributed by atoms with E-state index in [0.29, 0.717) is 10.6 Å². The van der Waals surface area contributed by atoms with Crippen molar-refractivity contribution in [3.63, 3.8) is 0 Å². The average Bonchev–Trinajstić information content (AvgIpc) is 3.04. The molecule has 2 heterocycles. The van der Waals surface area contributed by atoms with Gasteiger partial charge in [0.15, 0.2) is 0 Å². The number of benzene rings is 1. The van der Waals surface area contributed by atoms with Gasteiger partial charge in [0.2, 0.25) is 0 Å². The van der Waals surface area contributed by atoms with Crippen molar-refractivity contribution in [2.45, 2.75) is 19.3 Å². The first-order chi connectivity index (χ1) is 11.9. The molecule has 0 aliphatic heterocycles. The lowest BCUT2D eigenvalue weighted by atomic mass is 9.85. The average molecular weight is 360 g/mol. The number of aliphatic hydroxyl groups is 1. The quantitative estimate of drug-likeness (QED) is 0.695. The maximum Gasteiger partial charge on any atom is 0.150 e. The van der Waals surface area contributed by atoms with Crippen LogP contribution in [0.25, 0.3) is 5.65 Å². The number of rotatable bonds is 4. The lowest BCUT2D eigenvalue weighted by molar-refractivity contribution is 0.112. The highest BCUT2D eigenvalue weighted by Gasteiger charge is 2.18. The van der Waals surface area contributed by atoms with E-state index in [1.54, 1.807) is 12.1 Å². The molecule has 2 aromatic heterocycles. The van der Waals surface area contributed by atoms with E-state index in [2.05, 4.69) is 10.3 Å². The van der Waals surface area contributed by atoms with Gasteiger partial charge in [0.1, 0.15) is 17.8 Å². The van der Waals surface area contributed by atoms with Gasteiger partial charge < -0.3 is 14.8 Å². The van der Waals surface area contributed by atoms with Gasteiger partial charge in [-0.1, -0.05) is 49.7 Å². The number of fused-ring (bicyclic) bond motifs is 1. The van der Waals surface area contributed by atoms with Crippen LogP contribution in [0.2, 0.25) is 5.02 Å². The van der Waals surface area contributed by atoms with E-state index >= 15 is 0 Å². The van der Waals surface area contributed by atoms with Crippen molar-refractivity contribution < 1.29 is 9.90 Å². The molecule has 0 unspecified atom stereocenters. The third-order valence-electron chi connectivity index (χ3n) is 3.89. The Morgan fingerprint density at radius 1 is 1.20 bits per heavy atom. The topological polar surface area (TPSA) is 66.6 Å². The van der Waals surface area contributed by atoms with Gasteiger partial charge in [-0.15, -0.1) is 0 Å². The predicted octanol–water partition coefficient (Wildman–Crippen LogP) is 3.80. The van der Waals surface area contributed by atoms with Crippen molar-refractivity contribution >= 4 is 29.4 Å². The molecule has 0 atom stereocenters. The van der Waals surface area contributed by atoms with Crippen LogP contribution >= 0.6 is 11.6 Å². The van der Waals surface area contributed by atoms with Crippen LogP contribution in [0.3, 0.4) is 0 Å². The van der Waals surface area contributed by atoms with Gasteiger partial charge in [-0.25, -0.2) is 4.98 Å². The first-order valence-corrected chi connectivity index (χ1v) is 8.26. The third kappa shape index (κ3) is 4.81. The highest BCUT2D eigenvalue weighted by molar-refractivity contribution is 6.30. The van der Waals surface area contributed by atoms with Crippen LogP contribution in [0.5, 0.6) is 0 Å². The Balaban J connectivity index is 0.000000181. The molecular formula is C19H22ClN3O2. The van der Waals surface area contributed by atoms with Crippen LogP contribution in [-0.4, -0.2) is 34.4 Å². The number of hydrogen-bond donors (Lipinski definition) is 2. The summed E-state index contributed by atoms with van der Waals surface area (Å²) < 4.78 is 1.88. The Hall–Kier alpha value is -2.37. The molecule has 3 rings (SSSR count). The molecule has 0 aliphatic carbocycles. The van der Waals surface area contributed by atoms with Crippen molar-refractivity contribution in [2.24, 2.45) is 0 Å². The van der Waals surface area contributed by atoms with E-state index in [0.717, 1.165) is 23.3 Å². The molecular weight excluding hydrogens is 338 g/mol. The number of halogens is 1. The van der Waals surface area contributed by atoms with Crippen LogP contribution in [0.4, 0.5) is 5.82 Å². The predicted molar refractivity (Wildman–Crippen MR) is 102 cm³/mol. The van der Waals surface area contributed by atoms with Crippen molar-refractivity contribution in [3.8, 4) is 0 Å².